The molecule has 2 rings (SSSR count). The van der Waals surface area contributed by atoms with Gasteiger partial charge in [-0.25, -0.2) is 0 Å². The number of nitrogens with one attached hydrogen (secondary N) is 1. The van der Waals surface area contributed by atoms with E-state index in [2.05, 4.69) is 5.32 Å². The van der Waals surface area contributed by atoms with Gasteiger partial charge in [0.2, 0.25) is 0 Å². The van der Waals surface area contributed by atoms with Gasteiger partial charge in [0, 0.05) is 6.61 Å². The first kappa shape index (κ1) is 5.69. The van der Waals surface area contributed by atoms with Gasteiger partial charge in [0.25, 0.3) is 0 Å². The highest BCUT2D eigenvalue weighted by Crippen LogP contribution is 2.33. The average Bonchev–Trinajstić information content (AvgIpc) is 2.71. The molecule has 1 heterocycles. The Morgan fingerprint density at radius 3 is 2.78 bits per heavy atom. The molecule has 0 bridgehead atoms. The molecule has 1 atom stereocenters. The van der Waals surface area contributed by atoms with Gasteiger partial charge >= 0.3 is 0 Å². The Bertz CT molecular complexity index is 95.1. The van der Waals surface area contributed by atoms with Crippen molar-refractivity contribution in [3.05, 3.63) is 0 Å². The van der Waals surface area contributed by atoms with Crippen molar-refractivity contribution in [1.29, 1.82) is 0 Å². The monoisotopic (exact) mass is 127 g/mol. The first-order chi connectivity index (χ1) is 4.47. The number of ether oxygens (including phenoxy) is 1. The van der Waals surface area contributed by atoms with Crippen LogP contribution in [0.25, 0.3) is 0 Å². The molecule has 1 aliphatic heterocycles. The minimum atomic E-state index is 0.416. The highest BCUT2D eigenvalue weighted by molar-refractivity contribution is 4.81. The number of hydrogen-bond acceptors (Lipinski definition) is 2. The third-order valence-electron chi connectivity index (χ3n) is 2.01. The maximum Gasteiger partial charge on any atom is 0.110 e. The Balaban J connectivity index is 1.80. The third-order valence-corrected chi connectivity index (χ3v) is 2.01. The lowest BCUT2D eigenvalue weighted by atomic mass is 10.3. The average molecular weight is 127 g/mol. The summed E-state index contributed by atoms with van der Waals surface area (Å²) in [5.41, 5.74) is 0. The lowest BCUT2D eigenvalue weighted by molar-refractivity contribution is -0.0124. The maximum absolute atomic E-state index is 5.49. The highest BCUT2D eigenvalue weighted by Gasteiger charge is 2.32. The van der Waals surface area contributed by atoms with Gasteiger partial charge in [0.05, 0.1) is 0 Å². The molecule has 0 aromatic rings. The molecule has 1 unspecified atom stereocenters. The molecule has 1 N–H and O–H groups in total. The fourth-order valence-electron chi connectivity index (χ4n) is 1.29. The molecule has 2 nitrogen and oxygen atoms in total. The van der Waals surface area contributed by atoms with Crippen molar-refractivity contribution in [2.45, 2.75) is 25.5 Å². The summed E-state index contributed by atoms with van der Waals surface area (Å²) in [6.45, 7) is 2.12. The molecule has 2 heteroatoms. The largest absolute Gasteiger partial charge is 0.363 e. The summed E-state index contributed by atoms with van der Waals surface area (Å²) in [5.74, 6) is 0.852. The quantitative estimate of drug-likeness (QED) is 0.560. The topological polar surface area (TPSA) is 21.3 Å². The van der Waals surface area contributed by atoms with Crippen LogP contribution in [0.15, 0.2) is 0 Å². The zero-order chi connectivity index (χ0) is 6.10. The van der Waals surface area contributed by atoms with E-state index in [1.54, 1.807) is 0 Å². The van der Waals surface area contributed by atoms with Crippen LogP contribution < -0.4 is 5.32 Å². The van der Waals surface area contributed by atoms with E-state index >= 15 is 0 Å². The summed E-state index contributed by atoms with van der Waals surface area (Å²) in [5, 5.41) is 3.36. The molecule has 1 aliphatic carbocycles. The molecule has 0 aromatic heterocycles. The van der Waals surface area contributed by atoms with E-state index in [0.717, 1.165) is 19.1 Å². The first-order valence-corrected chi connectivity index (χ1v) is 3.82. The molecule has 2 aliphatic rings. The Kier molecular flexibility index (Phi) is 1.44. The van der Waals surface area contributed by atoms with E-state index in [4.69, 9.17) is 4.74 Å². The molecule has 9 heavy (non-hydrogen) atoms. The summed E-state index contributed by atoms with van der Waals surface area (Å²) in [7, 11) is 0. The molecule has 2 fully saturated rings. The summed E-state index contributed by atoms with van der Waals surface area (Å²) in [6.07, 6.45) is 4.34. The second kappa shape index (κ2) is 2.27. The van der Waals surface area contributed by atoms with Gasteiger partial charge in [0.1, 0.15) is 6.23 Å². The second-order valence-electron chi connectivity index (χ2n) is 2.94. The van der Waals surface area contributed by atoms with Gasteiger partial charge in [0.15, 0.2) is 0 Å². The first-order valence-electron chi connectivity index (χ1n) is 3.82. The van der Waals surface area contributed by atoms with E-state index in [0.29, 0.717) is 6.23 Å². The van der Waals surface area contributed by atoms with Crippen LogP contribution in [-0.2, 0) is 4.74 Å². The van der Waals surface area contributed by atoms with E-state index < -0.39 is 0 Å². The zero-order valence-corrected chi connectivity index (χ0v) is 5.60. The molecule has 0 spiro atoms. The van der Waals surface area contributed by atoms with Crippen LogP contribution in [0.1, 0.15) is 19.3 Å². The number of rotatable bonds is 1. The summed E-state index contributed by atoms with van der Waals surface area (Å²) in [6, 6.07) is 0. The van der Waals surface area contributed by atoms with Crippen molar-refractivity contribution in [2.75, 3.05) is 13.2 Å². The Hall–Kier alpha value is -0.0800. The van der Waals surface area contributed by atoms with Gasteiger partial charge < -0.3 is 4.74 Å². The molecule has 0 amide bonds. The van der Waals surface area contributed by atoms with Gasteiger partial charge in [-0.2, -0.15) is 0 Å². The van der Waals surface area contributed by atoms with Crippen LogP contribution in [0, 0.1) is 5.92 Å². The molecule has 0 aromatic carbocycles. The molecule has 52 valence electrons. The normalized spacial score (nSPS) is 36.7. The van der Waals surface area contributed by atoms with E-state index in [-0.39, 0.29) is 0 Å². The predicted octanol–water partition coefficient (Wildman–Crippen LogP) is 0.732. The summed E-state index contributed by atoms with van der Waals surface area (Å²) >= 11 is 0. The predicted molar refractivity (Wildman–Crippen MR) is 35.1 cm³/mol. The van der Waals surface area contributed by atoms with Crippen molar-refractivity contribution in [3.63, 3.8) is 0 Å². The van der Waals surface area contributed by atoms with Crippen molar-refractivity contribution in [3.8, 4) is 0 Å². The van der Waals surface area contributed by atoms with Crippen LogP contribution in [0.5, 0.6) is 0 Å². The SMILES string of the molecule is C1CNC(C2CC2)OC1. The van der Waals surface area contributed by atoms with E-state index in [1.165, 1.54) is 19.3 Å². The van der Waals surface area contributed by atoms with Crippen LogP contribution in [-0.4, -0.2) is 19.4 Å². The van der Waals surface area contributed by atoms with Crippen molar-refractivity contribution < 1.29 is 4.74 Å². The fourth-order valence-corrected chi connectivity index (χ4v) is 1.29. The lowest BCUT2D eigenvalue weighted by Crippen LogP contribution is -2.39. The molecular formula is C7H13NO. The Labute approximate surface area is 55.6 Å². The lowest BCUT2D eigenvalue weighted by Gasteiger charge is -2.23. The van der Waals surface area contributed by atoms with Crippen LogP contribution in [0.3, 0.4) is 0 Å². The fraction of sp³-hybridized carbons (Fsp3) is 1.00. The maximum atomic E-state index is 5.49. The van der Waals surface area contributed by atoms with Crippen molar-refractivity contribution in [1.82, 2.24) is 5.32 Å². The van der Waals surface area contributed by atoms with Gasteiger partial charge in [-0.05, 0) is 31.7 Å². The van der Waals surface area contributed by atoms with Gasteiger partial charge in [-0.15, -0.1) is 0 Å². The van der Waals surface area contributed by atoms with Crippen molar-refractivity contribution in [2.24, 2.45) is 5.92 Å². The minimum Gasteiger partial charge on any atom is -0.363 e. The molecule has 1 saturated heterocycles. The minimum absolute atomic E-state index is 0.416. The third kappa shape index (κ3) is 1.25. The van der Waals surface area contributed by atoms with E-state index in [9.17, 15) is 0 Å². The van der Waals surface area contributed by atoms with Crippen LogP contribution >= 0.6 is 0 Å². The summed E-state index contributed by atoms with van der Waals surface area (Å²) < 4.78 is 5.49. The van der Waals surface area contributed by atoms with Gasteiger partial charge in [-0.1, -0.05) is 0 Å². The van der Waals surface area contributed by atoms with Crippen LogP contribution in [0.4, 0.5) is 0 Å². The van der Waals surface area contributed by atoms with Gasteiger partial charge in [-0.3, -0.25) is 5.32 Å². The highest BCUT2D eigenvalue weighted by atomic mass is 16.5. The van der Waals surface area contributed by atoms with Crippen molar-refractivity contribution >= 4 is 0 Å². The molecule has 0 radical (unpaired) electrons. The molecule has 1 saturated carbocycles. The van der Waals surface area contributed by atoms with E-state index in [1.807, 2.05) is 0 Å². The smallest absolute Gasteiger partial charge is 0.110 e. The Morgan fingerprint density at radius 2 is 2.22 bits per heavy atom. The second-order valence-corrected chi connectivity index (χ2v) is 2.94. The number of hydrogen-bond donors (Lipinski definition) is 1. The molecular weight excluding hydrogens is 114 g/mol. The standard InChI is InChI=1S/C7H13NO/c1-4-8-7(9-5-1)6-2-3-6/h6-8H,1-5H2. The zero-order valence-electron chi connectivity index (χ0n) is 5.60. The summed E-state index contributed by atoms with van der Waals surface area (Å²) in [4.78, 5) is 0. The van der Waals surface area contributed by atoms with Crippen LogP contribution in [0.2, 0.25) is 0 Å². The Morgan fingerprint density at radius 1 is 1.33 bits per heavy atom.